The van der Waals surface area contributed by atoms with Gasteiger partial charge in [0, 0.05) is 23.9 Å². The fraction of sp³-hybridized carbons (Fsp3) is 0.609. The molecule has 5 rings (SSSR count). The summed E-state index contributed by atoms with van der Waals surface area (Å²) < 4.78 is 18.7. The lowest BCUT2D eigenvalue weighted by Gasteiger charge is -2.31. The van der Waals surface area contributed by atoms with Crippen molar-refractivity contribution >= 4 is 22.8 Å². The van der Waals surface area contributed by atoms with E-state index < -0.39 is 0 Å². The van der Waals surface area contributed by atoms with E-state index in [2.05, 4.69) is 10.1 Å². The molecule has 2 unspecified atom stereocenters. The fourth-order valence-corrected chi connectivity index (χ4v) is 5.56. The van der Waals surface area contributed by atoms with Crippen LogP contribution in [0.5, 0.6) is 0 Å². The Bertz CT molecular complexity index is 926. The summed E-state index contributed by atoms with van der Waals surface area (Å²) in [5.74, 6) is 0.0445. The van der Waals surface area contributed by atoms with Crippen LogP contribution in [-0.2, 0) is 9.59 Å². The van der Waals surface area contributed by atoms with Crippen LogP contribution in [0.3, 0.4) is 0 Å². The standard InChI is InChI=1S/C23H28FN3O3/c24-16-6-7-19-20(14-16)30-25-21(19)15-8-12-26(13-9-15)10-3-11-27-22(28)17-4-1-2-5-18(17)23(27)29/h6-7,14-15,17-18H,1-5,8-13H2. The highest BCUT2D eigenvalue weighted by molar-refractivity contribution is 6.05. The van der Waals surface area contributed by atoms with E-state index in [1.807, 2.05) is 0 Å². The van der Waals surface area contributed by atoms with Crippen molar-refractivity contribution in [2.45, 2.75) is 50.9 Å². The Labute approximate surface area is 175 Å². The van der Waals surface area contributed by atoms with Gasteiger partial charge in [0.05, 0.1) is 17.5 Å². The number of hydrogen-bond acceptors (Lipinski definition) is 5. The number of benzene rings is 1. The van der Waals surface area contributed by atoms with Crippen LogP contribution in [0.2, 0.25) is 0 Å². The maximum Gasteiger partial charge on any atom is 0.233 e. The fourth-order valence-electron chi connectivity index (χ4n) is 5.56. The number of fused-ring (bicyclic) bond motifs is 2. The second kappa shape index (κ2) is 8.10. The molecule has 7 heteroatoms. The van der Waals surface area contributed by atoms with Crippen LogP contribution in [0.4, 0.5) is 4.39 Å². The summed E-state index contributed by atoms with van der Waals surface area (Å²) in [5, 5.41) is 5.11. The van der Waals surface area contributed by atoms with E-state index in [1.165, 1.54) is 17.0 Å². The lowest BCUT2D eigenvalue weighted by atomic mass is 9.81. The lowest BCUT2D eigenvalue weighted by molar-refractivity contribution is -0.140. The lowest BCUT2D eigenvalue weighted by Crippen LogP contribution is -2.37. The van der Waals surface area contributed by atoms with E-state index in [9.17, 15) is 14.0 Å². The highest BCUT2D eigenvalue weighted by Gasteiger charge is 2.47. The van der Waals surface area contributed by atoms with Crippen LogP contribution in [-0.4, -0.2) is 52.9 Å². The maximum atomic E-state index is 13.4. The van der Waals surface area contributed by atoms with Gasteiger partial charge in [-0.3, -0.25) is 14.5 Å². The molecule has 2 aliphatic heterocycles. The molecule has 0 bridgehead atoms. The summed E-state index contributed by atoms with van der Waals surface area (Å²) in [6.45, 7) is 3.34. The number of hydrogen-bond donors (Lipinski definition) is 0. The van der Waals surface area contributed by atoms with Gasteiger partial charge < -0.3 is 9.42 Å². The molecule has 2 aromatic rings. The van der Waals surface area contributed by atoms with Crippen molar-refractivity contribution in [2.24, 2.45) is 11.8 Å². The summed E-state index contributed by atoms with van der Waals surface area (Å²) in [5.41, 5.74) is 1.44. The Hall–Kier alpha value is -2.28. The minimum Gasteiger partial charge on any atom is -0.356 e. The number of likely N-dealkylation sites (tertiary alicyclic amines) is 2. The Balaban J connectivity index is 1.12. The van der Waals surface area contributed by atoms with E-state index >= 15 is 0 Å². The smallest absolute Gasteiger partial charge is 0.233 e. The van der Waals surface area contributed by atoms with Crippen LogP contribution in [0.25, 0.3) is 11.0 Å². The van der Waals surface area contributed by atoms with Crippen molar-refractivity contribution in [1.82, 2.24) is 15.0 Å². The second-order valence-electron chi connectivity index (χ2n) is 9.00. The van der Waals surface area contributed by atoms with Crippen LogP contribution >= 0.6 is 0 Å². The average molecular weight is 413 g/mol. The first kappa shape index (κ1) is 19.7. The van der Waals surface area contributed by atoms with Gasteiger partial charge in [0.1, 0.15) is 5.82 Å². The Morgan fingerprint density at radius 2 is 1.70 bits per heavy atom. The molecule has 1 aromatic carbocycles. The maximum absolute atomic E-state index is 13.4. The van der Waals surface area contributed by atoms with Gasteiger partial charge >= 0.3 is 0 Å². The van der Waals surface area contributed by atoms with E-state index in [-0.39, 0.29) is 29.5 Å². The van der Waals surface area contributed by atoms with Gasteiger partial charge in [-0.05, 0) is 63.9 Å². The Morgan fingerprint density at radius 3 is 2.40 bits per heavy atom. The summed E-state index contributed by atoms with van der Waals surface area (Å²) in [6.07, 6.45) is 6.67. The predicted octanol–water partition coefficient (Wildman–Crippen LogP) is 3.71. The molecule has 1 saturated carbocycles. The molecule has 30 heavy (non-hydrogen) atoms. The van der Waals surface area contributed by atoms with E-state index in [1.54, 1.807) is 6.07 Å². The van der Waals surface area contributed by atoms with Gasteiger partial charge in [-0.2, -0.15) is 0 Å². The minimum absolute atomic E-state index is 0.0484. The molecule has 0 radical (unpaired) electrons. The summed E-state index contributed by atoms with van der Waals surface area (Å²) in [6, 6.07) is 4.60. The molecule has 1 aromatic heterocycles. The largest absolute Gasteiger partial charge is 0.356 e. The van der Waals surface area contributed by atoms with Crippen molar-refractivity contribution in [1.29, 1.82) is 0 Å². The number of rotatable bonds is 5. The number of halogens is 1. The van der Waals surface area contributed by atoms with E-state index in [4.69, 9.17) is 4.52 Å². The van der Waals surface area contributed by atoms with Crippen LogP contribution in [0.15, 0.2) is 22.7 Å². The molecule has 3 aliphatic rings. The van der Waals surface area contributed by atoms with Crippen LogP contribution in [0, 0.1) is 17.7 Å². The normalized spacial score (nSPS) is 26.0. The van der Waals surface area contributed by atoms with E-state index in [0.29, 0.717) is 18.0 Å². The first-order valence-electron chi connectivity index (χ1n) is 11.2. The van der Waals surface area contributed by atoms with Gasteiger partial charge in [-0.15, -0.1) is 0 Å². The van der Waals surface area contributed by atoms with Gasteiger partial charge in [0.2, 0.25) is 11.8 Å². The molecule has 160 valence electrons. The molecule has 0 N–H and O–H groups in total. The molecular formula is C23H28FN3O3. The zero-order valence-corrected chi connectivity index (χ0v) is 17.2. The molecule has 3 fully saturated rings. The number of piperidine rings is 1. The number of carbonyl (C=O) groups excluding carboxylic acids is 2. The molecule has 1 aliphatic carbocycles. The van der Waals surface area contributed by atoms with Crippen molar-refractivity contribution in [3.63, 3.8) is 0 Å². The number of carbonyl (C=O) groups is 2. The van der Waals surface area contributed by atoms with Crippen LogP contribution in [0.1, 0.15) is 56.6 Å². The molecule has 3 heterocycles. The molecular weight excluding hydrogens is 385 g/mol. The third kappa shape index (κ3) is 3.53. The minimum atomic E-state index is -0.311. The Kier molecular flexibility index (Phi) is 5.31. The van der Waals surface area contributed by atoms with Crippen LogP contribution < -0.4 is 0 Å². The first-order valence-corrected chi connectivity index (χ1v) is 11.2. The number of nitrogens with zero attached hydrogens (tertiary/aromatic N) is 3. The average Bonchev–Trinajstić information content (AvgIpc) is 3.29. The molecule has 2 atom stereocenters. The predicted molar refractivity (Wildman–Crippen MR) is 109 cm³/mol. The Morgan fingerprint density at radius 1 is 1.00 bits per heavy atom. The van der Waals surface area contributed by atoms with Crippen molar-refractivity contribution in [3.8, 4) is 0 Å². The van der Waals surface area contributed by atoms with Gasteiger partial charge in [-0.1, -0.05) is 18.0 Å². The first-order chi connectivity index (χ1) is 14.6. The van der Waals surface area contributed by atoms with Gasteiger partial charge in [0.25, 0.3) is 0 Å². The molecule has 0 spiro atoms. The molecule has 6 nitrogen and oxygen atoms in total. The second-order valence-corrected chi connectivity index (χ2v) is 9.00. The SMILES string of the molecule is O=C1C2CCCCC2C(=O)N1CCCN1CCC(c2noc3cc(F)ccc23)CC1. The molecule has 2 amide bonds. The van der Waals surface area contributed by atoms with Gasteiger partial charge in [-0.25, -0.2) is 4.39 Å². The highest BCUT2D eigenvalue weighted by Crippen LogP contribution is 2.38. The number of amides is 2. The zero-order valence-electron chi connectivity index (χ0n) is 17.2. The van der Waals surface area contributed by atoms with Crippen molar-refractivity contribution in [2.75, 3.05) is 26.2 Å². The third-order valence-electron chi connectivity index (χ3n) is 7.22. The summed E-state index contributed by atoms with van der Waals surface area (Å²) in [4.78, 5) is 29.1. The quantitative estimate of drug-likeness (QED) is 0.699. The monoisotopic (exact) mass is 413 g/mol. The third-order valence-corrected chi connectivity index (χ3v) is 7.22. The summed E-state index contributed by atoms with van der Waals surface area (Å²) in [7, 11) is 0. The highest BCUT2D eigenvalue weighted by atomic mass is 19.1. The summed E-state index contributed by atoms with van der Waals surface area (Å²) >= 11 is 0. The molecule has 2 saturated heterocycles. The van der Waals surface area contributed by atoms with Crippen molar-refractivity contribution < 1.29 is 18.5 Å². The number of imide groups is 1. The van der Waals surface area contributed by atoms with Gasteiger partial charge in [0.15, 0.2) is 5.58 Å². The van der Waals surface area contributed by atoms with Crippen molar-refractivity contribution in [3.05, 3.63) is 29.7 Å². The van der Waals surface area contributed by atoms with E-state index in [0.717, 1.165) is 75.7 Å². The zero-order chi connectivity index (χ0) is 20.7. The number of aromatic nitrogens is 1. The topological polar surface area (TPSA) is 66.7 Å².